The molecule has 2 N–H and O–H groups in total. The summed E-state index contributed by atoms with van der Waals surface area (Å²) in [5.41, 5.74) is 0.999. The largest absolute Gasteiger partial charge is 0.478 e. The van der Waals surface area contributed by atoms with Crippen LogP contribution in [-0.2, 0) is 0 Å². The minimum absolute atomic E-state index is 0.125. The van der Waals surface area contributed by atoms with E-state index in [1.165, 1.54) is 12.1 Å². The lowest BCUT2D eigenvalue weighted by Gasteiger charge is -2.17. The van der Waals surface area contributed by atoms with Gasteiger partial charge >= 0.3 is 5.97 Å². The molecule has 1 aliphatic rings. The molecule has 4 heteroatoms. The first kappa shape index (κ1) is 13.6. The lowest BCUT2D eigenvalue weighted by atomic mass is 9.92. The highest BCUT2D eigenvalue weighted by atomic mass is 16.4. The molecule has 0 aliphatic heterocycles. The molecule has 1 saturated carbocycles. The van der Waals surface area contributed by atoms with E-state index in [1.807, 2.05) is 0 Å². The van der Waals surface area contributed by atoms with Gasteiger partial charge in [0.25, 0.3) is 5.91 Å². The maximum Gasteiger partial charge on any atom is 0.335 e. The maximum atomic E-state index is 12.0. The number of hydrogen-bond donors (Lipinski definition) is 2. The van der Waals surface area contributed by atoms with Gasteiger partial charge in [-0.05, 0) is 48.9 Å². The Hall–Kier alpha value is -1.84. The van der Waals surface area contributed by atoms with Gasteiger partial charge in [0.2, 0.25) is 0 Å². The normalized spacial score (nSPS) is 21.1. The third kappa shape index (κ3) is 3.34. The van der Waals surface area contributed by atoms with E-state index in [0.29, 0.717) is 11.0 Å². The molecule has 1 atom stereocenters. The number of nitrogens with one attached hydrogen (secondary N) is 1. The van der Waals surface area contributed by atoms with Gasteiger partial charge in [-0.2, -0.15) is 0 Å². The highest BCUT2D eigenvalue weighted by molar-refractivity contribution is 5.96. The molecular weight excluding hydrogens is 242 g/mol. The van der Waals surface area contributed by atoms with Crippen molar-refractivity contribution in [2.45, 2.75) is 39.2 Å². The summed E-state index contributed by atoms with van der Waals surface area (Å²) in [5, 5.41) is 11.8. The molecule has 0 spiro atoms. The highest BCUT2D eigenvalue weighted by Gasteiger charge is 2.31. The molecule has 0 bridgehead atoms. The second-order valence-corrected chi connectivity index (χ2v) is 5.96. The van der Waals surface area contributed by atoms with Crippen molar-refractivity contribution in [2.75, 3.05) is 0 Å². The number of aromatic carboxylic acids is 1. The van der Waals surface area contributed by atoms with Crippen LogP contribution >= 0.6 is 0 Å². The van der Waals surface area contributed by atoms with E-state index < -0.39 is 5.97 Å². The number of amides is 1. The summed E-state index contributed by atoms with van der Waals surface area (Å²) in [6, 6.07) is 6.24. The number of carboxylic acids is 1. The summed E-state index contributed by atoms with van der Waals surface area (Å²) in [6.07, 6.45) is 3.12. The Morgan fingerprint density at radius 1 is 1.21 bits per heavy atom. The Labute approximate surface area is 112 Å². The van der Waals surface area contributed by atoms with Gasteiger partial charge in [-0.1, -0.05) is 13.8 Å². The zero-order valence-corrected chi connectivity index (χ0v) is 11.3. The third-order valence-corrected chi connectivity index (χ3v) is 3.70. The molecule has 2 rings (SSSR count). The lowest BCUT2D eigenvalue weighted by molar-refractivity contribution is 0.0696. The SMILES string of the molecule is CC1(C)CCC(NC(=O)c2ccc(C(=O)O)cc2)C1. The highest BCUT2D eigenvalue weighted by Crippen LogP contribution is 2.36. The number of carbonyl (C=O) groups excluding carboxylic acids is 1. The van der Waals surface area contributed by atoms with Crippen LogP contribution < -0.4 is 5.32 Å². The zero-order valence-electron chi connectivity index (χ0n) is 11.3. The van der Waals surface area contributed by atoms with Crippen molar-refractivity contribution in [3.05, 3.63) is 35.4 Å². The summed E-state index contributed by atoms with van der Waals surface area (Å²) < 4.78 is 0. The van der Waals surface area contributed by atoms with Crippen LogP contribution in [0.15, 0.2) is 24.3 Å². The van der Waals surface area contributed by atoms with Crippen LogP contribution in [-0.4, -0.2) is 23.0 Å². The predicted molar refractivity (Wildman–Crippen MR) is 72.3 cm³/mol. The van der Waals surface area contributed by atoms with Gasteiger partial charge in [-0.15, -0.1) is 0 Å². The van der Waals surface area contributed by atoms with E-state index in [9.17, 15) is 9.59 Å². The number of benzene rings is 1. The Kier molecular flexibility index (Phi) is 3.60. The molecule has 4 nitrogen and oxygen atoms in total. The van der Waals surface area contributed by atoms with Crippen LogP contribution in [0, 0.1) is 5.41 Å². The fourth-order valence-corrected chi connectivity index (χ4v) is 2.59. The van der Waals surface area contributed by atoms with Crippen molar-refractivity contribution in [3.8, 4) is 0 Å². The van der Waals surface area contributed by atoms with Gasteiger partial charge in [0, 0.05) is 11.6 Å². The molecule has 102 valence electrons. The van der Waals surface area contributed by atoms with Crippen molar-refractivity contribution in [2.24, 2.45) is 5.41 Å². The Bertz CT molecular complexity index is 491. The van der Waals surface area contributed by atoms with Gasteiger partial charge in [0.15, 0.2) is 0 Å². The summed E-state index contributed by atoms with van der Waals surface area (Å²) in [4.78, 5) is 22.8. The van der Waals surface area contributed by atoms with E-state index in [-0.39, 0.29) is 17.5 Å². The number of hydrogen-bond acceptors (Lipinski definition) is 2. The van der Waals surface area contributed by atoms with Gasteiger partial charge in [0.1, 0.15) is 0 Å². The molecule has 1 fully saturated rings. The molecule has 19 heavy (non-hydrogen) atoms. The molecule has 0 saturated heterocycles. The second-order valence-electron chi connectivity index (χ2n) is 5.96. The molecule has 1 amide bonds. The summed E-state index contributed by atoms with van der Waals surface area (Å²) in [7, 11) is 0. The molecule has 1 aromatic rings. The van der Waals surface area contributed by atoms with Gasteiger partial charge in [-0.25, -0.2) is 4.79 Å². The molecule has 1 aliphatic carbocycles. The summed E-state index contributed by atoms with van der Waals surface area (Å²) in [6.45, 7) is 4.42. The van der Waals surface area contributed by atoms with E-state index in [1.54, 1.807) is 12.1 Å². The molecule has 0 aromatic heterocycles. The standard InChI is InChI=1S/C15H19NO3/c1-15(2)8-7-12(9-15)16-13(17)10-3-5-11(6-4-10)14(18)19/h3-6,12H,7-9H2,1-2H3,(H,16,17)(H,18,19). The first-order chi connectivity index (χ1) is 8.87. The third-order valence-electron chi connectivity index (χ3n) is 3.70. The predicted octanol–water partition coefficient (Wildman–Crippen LogP) is 2.69. The molecule has 1 aromatic carbocycles. The van der Waals surface area contributed by atoms with Gasteiger partial charge in [0.05, 0.1) is 5.56 Å². The summed E-state index contributed by atoms with van der Waals surface area (Å²) in [5.74, 6) is -1.11. The summed E-state index contributed by atoms with van der Waals surface area (Å²) >= 11 is 0. The van der Waals surface area contributed by atoms with Crippen LogP contribution in [0.3, 0.4) is 0 Å². The smallest absolute Gasteiger partial charge is 0.335 e. The molecule has 0 radical (unpaired) electrons. The lowest BCUT2D eigenvalue weighted by Crippen LogP contribution is -2.33. The van der Waals surface area contributed by atoms with Crippen molar-refractivity contribution in [3.63, 3.8) is 0 Å². The Morgan fingerprint density at radius 3 is 2.26 bits per heavy atom. The number of carbonyl (C=O) groups is 2. The van der Waals surface area contributed by atoms with Crippen LogP contribution in [0.5, 0.6) is 0 Å². The monoisotopic (exact) mass is 261 g/mol. The first-order valence-electron chi connectivity index (χ1n) is 6.52. The fourth-order valence-electron chi connectivity index (χ4n) is 2.59. The van der Waals surface area contributed by atoms with Crippen molar-refractivity contribution in [1.82, 2.24) is 5.32 Å². The Balaban J connectivity index is 1.99. The average molecular weight is 261 g/mol. The Morgan fingerprint density at radius 2 is 1.79 bits per heavy atom. The fraction of sp³-hybridized carbons (Fsp3) is 0.467. The minimum Gasteiger partial charge on any atom is -0.478 e. The average Bonchev–Trinajstić information content (AvgIpc) is 2.68. The van der Waals surface area contributed by atoms with Crippen molar-refractivity contribution < 1.29 is 14.7 Å². The van der Waals surface area contributed by atoms with Crippen molar-refractivity contribution in [1.29, 1.82) is 0 Å². The van der Waals surface area contributed by atoms with E-state index >= 15 is 0 Å². The van der Waals surface area contributed by atoms with E-state index in [0.717, 1.165) is 19.3 Å². The van der Waals surface area contributed by atoms with Gasteiger partial charge in [-0.3, -0.25) is 4.79 Å². The second kappa shape index (κ2) is 5.03. The zero-order chi connectivity index (χ0) is 14.0. The van der Waals surface area contributed by atoms with Crippen LogP contribution in [0.2, 0.25) is 0 Å². The quantitative estimate of drug-likeness (QED) is 0.879. The first-order valence-corrected chi connectivity index (χ1v) is 6.52. The van der Waals surface area contributed by atoms with Crippen LogP contribution in [0.4, 0.5) is 0 Å². The molecule has 1 unspecified atom stereocenters. The topological polar surface area (TPSA) is 66.4 Å². The van der Waals surface area contributed by atoms with Crippen molar-refractivity contribution >= 4 is 11.9 Å². The van der Waals surface area contributed by atoms with Crippen LogP contribution in [0.25, 0.3) is 0 Å². The van der Waals surface area contributed by atoms with Crippen LogP contribution in [0.1, 0.15) is 53.8 Å². The molecule has 0 heterocycles. The molecular formula is C15H19NO3. The number of rotatable bonds is 3. The van der Waals surface area contributed by atoms with Gasteiger partial charge < -0.3 is 10.4 Å². The minimum atomic E-state index is -0.982. The van der Waals surface area contributed by atoms with E-state index in [2.05, 4.69) is 19.2 Å². The van der Waals surface area contributed by atoms with E-state index in [4.69, 9.17) is 5.11 Å². The number of carboxylic acid groups (broad SMARTS) is 1. The maximum absolute atomic E-state index is 12.0.